The van der Waals surface area contributed by atoms with Crippen molar-refractivity contribution in [2.24, 2.45) is 5.92 Å². The lowest BCUT2D eigenvalue weighted by Gasteiger charge is -2.15. The van der Waals surface area contributed by atoms with Gasteiger partial charge >= 0.3 is 5.97 Å². The van der Waals surface area contributed by atoms with Gasteiger partial charge in [-0.05, 0) is 12.3 Å². The first-order chi connectivity index (χ1) is 10.9. The molecule has 0 aliphatic heterocycles. The van der Waals surface area contributed by atoms with Gasteiger partial charge in [0.2, 0.25) is 0 Å². The van der Waals surface area contributed by atoms with Gasteiger partial charge in [-0.2, -0.15) is 0 Å². The first-order valence-corrected chi connectivity index (χ1v) is 7.94. The van der Waals surface area contributed by atoms with Crippen LogP contribution in [0.4, 0.5) is 10.8 Å². The molecule has 0 aliphatic rings. The molecule has 2 aromatic rings. The summed E-state index contributed by atoms with van der Waals surface area (Å²) < 4.78 is 0. The maximum atomic E-state index is 11.3. The summed E-state index contributed by atoms with van der Waals surface area (Å²) >= 11 is 1.28. The van der Waals surface area contributed by atoms with Crippen LogP contribution < -0.4 is 5.32 Å². The molecule has 1 unspecified atom stereocenters. The Kier molecular flexibility index (Phi) is 5.28. The lowest BCUT2D eigenvalue weighted by atomic mass is 10.0. The van der Waals surface area contributed by atoms with E-state index in [1.807, 2.05) is 13.8 Å². The predicted octanol–water partition coefficient (Wildman–Crippen LogP) is 3.63. The SMILES string of the molecule is CC(C)CC(Nc1nc(-c2cccc([N+](=O)[O-])c2)cs1)C(=O)O. The van der Waals surface area contributed by atoms with Gasteiger partial charge in [0.1, 0.15) is 6.04 Å². The number of aromatic nitrogens is 1. The third kappa shape index (κ3) is 4.49. The van der Waals surface area contributed by atoms with E-state index in [4.69, 9.17) is 0 Å². The number of benzene rings is 1. The second-order valence-corrected chi connectivity index (χ2v) is 6.37. The standard InChI is InChI=1S/C15H17N3O4S/c1-9(2)6-12(14(19)20)16-15-17-13(8-23-15)10-4-3-5-11(7-10)18(21)22/h3-5,7-9,12H,6H2,1-2H3,(H,16,17)(H,19,20). The van der Waals surface area contributed by atoms with Crippen molar-refractivity contribution in [3.05, 3.63) is 39.8 Å². The van der Waals surface area contributed by atoms with Crippen molar-refractivity contribution in [1.29, 1.82) is 0 Å². The Labute approximate surface area is 137 Å². The molecule has 0 bridgehead atoms. The molecule has 7 nitrogen and oxygen atoms in total. The van der Waals surface area contributed by atoms with Crippen molar-refractivity contribution in [1.82, 2.24) is 4.98 Å². The summed E-state index contributed by atoms with van der Waals surface area (Å²) in [6.07, 6.45) is 0.487. The fourth-order valence-electron chi connectivity index (χ4n) is 2.09. The summed E-state index contributed by atoms with van der Waals surface area (Å²) in [5.74, 6) is -0.689. The van der Waals surface area contributed by atoms with Gasteiger partial charge in [0, 0.05) is 23.1 Å². The van der Waals surface area contributed by atoms with Crippen LogP contribution in [0, 0.1) is 16.0 Å². The summed E-state index contributed by atoms with van der Waals surface area (Å²) in [6, 6.07) is 5.48. The highest BCUT2D eigenvalue weighted by Gasteiger charge is 2.20. The molecule has 1 heterocycles. The molecule has 0 radical (unpaired) electrons. The molecule has 8 heteroatoms. The molecule has 0 amide bonds. The van der Waals surface area contributed by atoms with E-state index in [0.717, 1.165) is 0 Å². The van der Waals surface area contributed by atoms with Crippen molar-refractivity contribution in [2.75, 3.05) is 5.32 Å². The molecule has 0 saturated heterocycles. The van der Waals surface area contributed by atoms with E-state index in [2.05, 4.69) is 10.3 Å². The molecule has 23 heavy (non-hydrogen) atoms. The molecular formula is C15H17N3O4S. The van der Waals surface area contributed by atoms with Crippen LogP contribution in [0.2, 0.25) is 0 Å². The van der Waals surface area contributed by atoms with Crippen LogP contribution in [0.15, 0.2) is 29.6 Å². The van der Waals surface area contributed by atoms with Gasteiger partial charge in [0.05, 0.1) is 10.6 Å². The van der Waals surface area contributed by atoms with Crippen molar-refractivity contribution < 1.29 is 14.8 Å². The summed E-state index contributed by atoms with van der Waals surface area (Å²) in [7, 11) is 0. The molecule has 0 aliphatic carbocycles. The highest BCUT2D eigenvalue weighted by molar-refractivity contribution is 7.14. The number of aliphatic carboxylic acids is 1. The normalized spacial score (nSPS) is 12.1. The zero-order valence-corrected chi connectivity index (χ0v) is 13.5. The summed E-state index contributed by atoms with van der Waals surface area (Å²) in [5.41, 5.74) is 1.20. The minimum atomic E-state index is -0.925. The molecule has 2 N–H and O–H groups in total. The predicted molar refractivity (Wildman–Crippen MR) is 88.7 cm³/mol. The minimum absolute atomic E-state index is 0.00627. The number of thiazole rings is 1. The van der Waals surface area contributed by atoms with E-state index in [1.165, 1.54) is 23.5 Å². The van der Waals surface area contributed by atoms with Gasteiger partial charge < -0.3 is 10.4 Å². The monoisotopic (exact) mass is 335 g/mol. The van der Waals surface area contributed by atoms with Crippen molar-refractivity contribution in [3.8, 4) is 11.3 Å². The molecule has 1 atom stereocenters. The molecule has 1 aromatic heterocycles. The maximum absolute atomic E-state index is 11.3. The maximum Gasteiger partial charge on any atom is 0.326 e. The van der Waals surface area contributed by atoms with E-state index in [0.29, 0.717) is 22.8 Å². The second kappa shape index (κ2) is 7.19. The number of carbonyl (C=O) groups is 1. The number of hydrogen-bond donors (Lipinski definition) is 2. The highest BCUT2D eigenvalue weighted by atomic mass is 32.1. The smallest absolute Gasteiger partial charge is 0.326 e. The lowest BCUT2D eigenvalue weighted by molar-refractivity contribution is -0.384. The third-order valence-electron chi connectivity index (χ3n) is 3.16. The highest BCUT2D eigenvalue weighted by Crippen LogP contribution is 2.28. The quantitative estimate of drug-likeness (QED) is 0.591. The van der Waals surface area contributed by atoms with Crippen LogP contribution in [0.5, 0.6) is 0 Å². The number of carboxylic acid groups (broad SMARTS) is 1. The second-order valence-electron chi connectivity index (χ2n) is 5.51. The third-order valence-corrected chi connectivity index (χ3v) is 3.93. The molecule has 122 valence electrons. The number of nitro benzene ring substituents is 1. The van der Waals surface area contributed by atoms with Crippen LogP contribution in [-0.4, -0.2) is 27.0 Å². The molecule has 0 fully saturated rings. The Morgan fingerprint density at radius 1 is 1.48 bits per heavy atom. The number of carboxylic acids is 1. The van der Waals surface area contributed by atoms with Gasteiger partial charge in [-0.25, -0.2) is 9.78 Å². The van der Waals surface area contributed by atoms with E-state index in [9.17, 15) is 20.0 Å². The number of hydrogen-bond acceptors (Lipinski definition) is 6. The molecule has 0 saturated carbocycles. The number of nitrogens with one attached hydrogen (secondary N) is 1. The first-order valence-electron chi connectivity index (χ1n) is 7.06. The average molecular weight is 335 g/mol. The Balaban J connectivity index is 2.18. The fraction of sp³-hybridized carbons (Fsp3) is 0.333. The first kappa shape index (κ1) is 16.9. The van der Waals surface area contributed by atoms with E-state index in [-0.39, 0.29) is 11.6 Å². The fourth-order valence-corrected chi connectivity index (χ4v) is 2.87. The molecule has 0 spiro atoms. The summed E-state index contributed by atoms with van der Waals surface area (Å²) in [4.78, 5) is 26.0. The van der Waals surface area contributed by atoms with Gasteiger partial charge in [-0.1, -0.05) is 26.0 Å². The Morgan fingerprint density at radius 3 is 2.83 bits per heavy atom. The van der Waals surface area contributed by atoms with E-state index in [1.54, 1.807) is 17.5 Å². The van der Waals surface area contributed by atoms with Crippen LogP contribution >= 0.6 is 11.3 Å². The van der Waals surface area contributed by atoms with Crippen molar-refractivity contribution in [3.63, 3.8) is 0 Å². The lowest BCUT2D eigenvalue weighted by Crippen LogP contribution is -2.30. The van der Waals surface area contributed by atoms with Crippen molar-refractivity contribution in [2.45, 2.75) is 26.3 Å². The zero-order valence-electron chi connectivity index (χ0n) is 12.7. The van der Waals surface area contributed by atoms with Crippen LogP contribution in [0.1, 0.15) is 20.3 Å². The summed E-state index contributed by atoms with van der Waals surface area (Å²) in [5, 5.41) is 25.2. The number of non-ortho nitro benzene ring substituents is 1. The zero-order chi connectivity index (χ0) is 17.0. The topological polar surface area (TPSA) is 105 Å². The largest absolute Gasteiger partial charge is 0.480 e. The van der Waals surface area contributed by atoms with Gasteiger partial charge in [-0.15, -0.1) is 11.3 Å². The van der Waals surface area contributed by atoms with Gasteiger partial charge in [-0.3, -0.25) is 10.1 Å². The minimum Gasteiger partial charge on any atom is -0.480 e. The molecule has 1 aromatic carbocycles. The number of nitrogens with zero attached hydrogens (tertiary/aromatic N) is 2. The number of rotatable bonds is 7. The van der Waals surface area contributed by atoms with E-state index < -0.39 is 16.9 Å². The van der Waals surface area contributed by atoms with Crippen LogP contribution in [0.3, 0.4) is 0 Å². The Hall–Kier alpha value is -2.48. The van der Waals surface area contributed by atoms with E-state index >= 15 is 0 Å². The molecule has 2 rings (SSSR count). The average Bonchev–Trinajstić information content (AvgIpc) is 2.94. The van der Waals surface area contributed by atoms with Crippen LogP contribution in [-0.2, 0) is 4.79 Å². The Morgan fingerprint density at radius 2 is 2.22 bits per heavy atom. The number of anilines is 1. The Bertz CT molecular complexity index is 714. The van der Waals surface area contributed by atoms with Gasteiger partial charge in [0.15, 0.2) is 5.13 Å². The van der Waals surface area contributed by atoms with Crippen LogP contribution in [0.25, 0.3) is 11.3 Å². The van der Waals surface area contributed by atoms with Gasteiger partial charge in [0.25, 0.3) is 5.69 Å². The van der Waals surface area contributed by atoms with Crippen molar-refractivity contribution >= 4 is 28.1 Å². The number of nitro groups is 1. The summed E-state index contributed by atoms with van der Waals surface area (Å²) in [6.45, 7) is 3.90. The molecular weight excluding hydrogens is 318 g/mol.